The van der Waals surface area contributed by atoms with Crippen LogP contribution in [-0.2, 0) is 22.6 Å². The Morgan fingerprint density at radius 2 is 1.56 bits per heavy atom. The summed E-state index contributed by atoms with van der Waals surface area (Å²) >= 11 is 12.4. The highest BCUT2D eigenvalue weighted by atomic mass is 35.5. The van der Waals surface area contributed by atoms with Gasteiger partial charge in [-0.15, -0.1) is 0 Å². The Labute approximate surface area is 239 Å². The van der Waals surface area contributed by atoms with Crippen LogP contribution in [0.1, 0.15) is 25.0 Å². The van der Waals surface area contributed by atoms with E-state index in [0.29, 0.717) is 28.8 Å². The lowest BCUT2D eigenvalue weighted by Crippen LogP contribution is -2.52. The molecule has 4 aromatic rings. The fraction of sp³-hybridized carbons (Fsp3) is 0.250. The first-order valence-corrected chi connectivity index (χ1v) is 13.7. The molecule has 4 rings (SSSR count). The Kier molecular flexibility index (Phi) is 9.85. The van der Waals surface area contributed by atoms with Gasteiger partial charge in [0.2, 0.25) is 5.91 Å². The second-order valence-corrected chi connectivity index (χ2v) is 10.7. The van der Waals surface area contributed by atoms with Crippen molar-refractivity contribution in [3.63, 3.8) is 0 Å². The molecule has 0 aliphatic carbocycles. The van der Waals surface area contributed by atoms with Crippen molar-refractivity contribution in [1.82, 2.24) is 10.2 Å². The number of hydrogen-bond acceptors (Lipinski definition) is 3. The van der Waals surface area contributed by atoms with Crippen molar-refractivity contribution < 1.29 is 14.3 Å². The maximum Gasteiger partial charge on any atom is 0.261 e. The molecule has 0 radical (unpaired) electrons. The van der Waals surface area contributed by atoms with Crippen molar-refractivity contribution in [1.29, 1.82) is 0 Å². The summed E-state index contributed by atoms with van der Waals surface area (Å²) in [5.41, 5.74) is 1.71. The molecule has 0 heterocycles. The fourth-order valence-electron chi connectivity index (χ4n) is 4.36. The van der Waals surface area contributed by atoms with Gasteiger partial charge in [0.25, 0.3) is 5.91 Å². The Morgan fingerprint density at radius 1 is 0.846 bits per heavy atom. The fourth-order valence-corrected chi connectivity index (χ4v) is 4.68. The van der Waals surface area contributed by atoms with Gasteiger partial charge in [-0.25, -0.2) is 0 Å². The summed E-state index contributed by atoms with van der Waals surface area (Å²) in [5.74, 6) is 0.348. The summed E-state index contributed by atoms with van der Waals surface area (Å²) in [6, 6.07) is 27.7. The van der Waals surface area contributed by atoms with Crippen molar-refractivity contribution >= 4 is 45.8 Å². The van der Waals surface area contributed by atoms with Crippen LogP contribution in [0, 0.1) is 5.92 Å². The van der Waals surface area contributed by atoms with E-state index >= 15 is 0 Å². The van der Waals surface area contributed by atoms with E-state index in [1.807, 2.05) is 92.7 Å². The van der Waals surface area contributed by atoms with E-state index in [4.69, 9.17) is 27.9 Å². The molecule has 0 bridgehead atoms. The van der Waals surface area contributed by atoms with E-state index in [9.17, 15) is 9.59 Å². The number of rotatable bonds is 11. The highest BCUT2D eigenvalue weighted by Crippen LogP contribution is 2.26. The van der Waals surface area contributed by atoms with Crippen molar-refractivity contribution in [3.05, 3.63) is 112 Å². The minimum Gasteiger partial charge on any atom is -0.483 e. The summed E-state index contributed by atoms with van der Waals surface area (Å²) in [6.45, 7) is 4.51. The van der Waals surface area contributed by atoms with Crippen LogP contribution in [0.25, 0.3) is 10.8 Å². The standard InChI is InChI=1S/C32H32Cl2N2O3/c1-22(2)19-35-32(38)29(18-23-9-4-3-5-10-23)36(20-24-15-16-27(33)28(34)17-24)31(37)21-39-30-14-8-12-25-11-6-7-13-26(25)30/h3-17,22,29H,18-21H2,1-2H3,(H,35,38)/t29-/m0/s1. The van der Waals surface area contributed by atoms with E-state index in [2.05, 4.69) is 5.32 Å². The van der Waals surface area contributed by atoms with Crippen LogP contribution in [0.2, 0.25) is 10.0 Å². The van der Waals surface area contributed by atoms with Gasteiger partial charge in [0.05, 0.1) is 10.0 Å². The van der Waals surface area contributed by atoms with Crippen LogP contribution in [0.4, 0.5) is 0 Å². The number of fused-ring (bicyclic) bond motifs is 1. The molecule has 0 aromatic heterocycles. The summed E-state index contributed by atoms with van der Waals surface area (Å²) < 4.78 is 6.05. The molecule has 4 aromatic carbocycles. The topological polar surface area (TPSA) is 58.6 Å². The second-order valence-electron chi connectivity index (χ2n) is 9.88. The molecule has 202 valence electrons. The Bertz CT molecular complexity index is 1420. The Balaban J connectivity index is 1.65. The molecule has 0 unspecified atom stereocenters. The third-order valence-corrected chi connectivity index (χ3v) is 7.13. The van der Waals surface area contributed by atoms with Crippen molar-refractivity contribution in [2.24, 2.45) is 5.92 Å². The Morgan fingerprint density at radius 3 is 2.31 bits per heavy atom. The van der Waals surface area contributed by atoms with Gasteiger partial charge in [-0.05, 0) is 40.6 Å². The van der Waals surface area contributed by atoms with Crippen molar-refractivity contribution in [2.75, 3.05) is 13.2 Å². The molecule has 0 fully saturated rings. The van der Waals surface area contributed by atoms with Gasteiger partial charge in [0.15, 0.2) is 6.61 Å². The predicted octanol–water partition coefficient (Wildman–Crippen LogP) is 6.94. The zero-order chi connectivity index (χ0) is 27.8. The maximum absolute atomic E-state index is 13.8. The quantitative estimate of drug-likeness (QED) is 0.215. The van der Waals surface area contributed by atoms with Gasteiger partial charge in [-0.1, -0.05) is 110 Å². The largest absolute Gasteiger partial charge is 0.483 e. The van der Waals surface area contributed by atoms with Gasteiger partial charge in [0, 0.05) is 24.9 Å². The van der Waals surface area contributed by atoms with Crippen LogP contribution in [0.5, 0.6) is 5.75 Å². The normalized spacial score (nSPS) is 11.8. The lowest BCUT2D eigenvalue weighted by atomic mass is 10.0. The van der Waals surface area contributed by atoms with Gasteiger partial charge in [-0.2, -0.15) is 0 Å². The minimum absolute atomic E-state index is 0.168. The third kappa shape index (κ3) is 7.75. The van der Waals surface area contributed by atoms with Crippen LogP contribution < -0.4 is 10.1 Å². The highest BCUT2D eigenvalue weighted by Gasteiger charge is 2.31. The molecule has 1 N–H and O–H groups in total. The minimum atomic E-state index is -0.760. The molecular formula is C32H32Cl2N2O3. The van der Waals surface area contributed by atoms with E-state index in [1.54, 1.807) is 17.0 Å². The molecule has 0 saturated carbocycles. The molecule has 7 heteroatoms. The number of hydrogen-bond donors (Lipinski definition) is 1. The van der Waals surface area contributed by atoms with Crippen LogP contribution in [0.3, 0.4) is 0 Å². The Hall–Kier alpha value is -3.54. The first kappa shape index (κ1) is 28.5. The average Bonchev–Trinajstić information content (AvgIpc) is 2.94. The van der Waals surface area contributed by atoms with Gasteiger partial charge in [0.1, 0.15) is 11.8 Å². The van der Waals surface area contributed by atoms with Gasteiger partial charge >= 0.3 is 0 Å². The monoisotopic (exact) mass is 562 g/mol. The third-order valence-electron chi connectivity index (χ3n) is 6.39. The number of amides is 2. The zero-order valence-corrected chi connectivity index (χ0v) is 23.6. The van der Waals surface area contributed by atoms with Crippen LogP contribution in [-0.4, -0.2) is 35.9 Å². The lowest BCUT2D eigenvalue weighted by molar-refractivity contribution is -0.142. The number of nitrogens with one attached hydrogen (secondary N) is 1. The molecule has 1 atom stereocenters. The molecule has 0 saturated heterocycles. The van der Waals surface area contributed by atoms with Crippen LogP contribution in [0.15, 0.2) is 91.0 Å². The molecule has 0 aliphatic heterocycles. The number of benzene rings is 4. The van der Waals surface area contributed by atoms with Crippen molar-refractivity contribution in [3.8, 4) is 5.75 Å². The summed E-state index contributed by atoms with van der Waals surface area (Å²) in [7, 11) is 0. The number of carbonyl (C=O) groups is 2. The van der Waals surface area contributed by atoms with Crippen molar-refractivity contribution in [2.45, 2.75) is 32.9 Å². The van der Waals surface area contributed by atoms with E-state index in [1.165, 1.54) is 0 Å². The first-order chi connectivity index (χ1) is 18.8. The second kappa shape index (κ2) is 13.5. The molecule has 0 aliphatic rings. The van der Waals surface area contributed by atoms with E-state index in [-0.39, 0.29) is 30.9 Å². The number of nitrogens with zero attached hydrogens (tertiary/aromatic N) is 1. The maximum atomic E-state index is 13.8. The number of ether oxygens (including phenoxy) is 1. The number of carbonyl (C=O) groups excluding carboxylic acids is 2. The molecule has 2 amide bonds. The zero-order valence-electron chi connectivity index (χ0n) is 22.1. The smallest absolute Gasteiger partial charge is 0.261 e. The van der Waals surface area contributed by atoms with Gasteiger partial charge in [-0.3, -0.25) is 9.59 Å². The summed E-state index contributed by atoms with van der Waals surface area (Å²) in [5, 5.41) is 5.77. The molecule has 39 heavy (non-hydrogen) atoms. The molecule has 5 nitrogen and oxygen atoms in total. The predicted molar refractivity (Wildman–Crippen MR) is 158 cm³/mol. The highest BCUT2D eigenvalue weighted by molar-refractivity contribution is 6.42. The number of halogens is 2. The molecular weight excluding hydrogens is 531 g/mol. The molecule has 0 spiro atoms. The average molecular weight is 564 g/mol. The van der Waals surface area contributed by atoms with Gasteiger partial charge < -0.3 is 15.0 Å². The summed E-state index contributed by atoms with van der Waals surface area (Å²) in [6.07, 6.45) is 0.353. The van der Waals surface area contributed by atoms with Crippen LogP contribution >= 0.6 is 23.2 Å². The van der Waals surface area contributed by atoms with E-state index < -0.39 is 6.04 Å². The first-order valence-electron chi connectivity index (χ1n) is 13.0. The van der Waals surface area contributed by atoms with E-state index in [0.717, 1.165) is 21.9 Å². The summed E-state index contributed by atoms with van der Waals surface area (Å²) in [4.78, 5) is 29.0. The SMILES string of the molecule is CC(C)CNC(=O)[C@H](Cc1ccccc1)N(Cc1ccc(Cl)c(Cl)c1)C(=O)COc1cccc2ccccc12. The lowest BCUT2D eigenvalue weighted by Gasteiger charge is -2.32.